The summed E-state index contributed by atoms with van der Waals surface area (Å²) in [5, 5.41) is 8.19. The molecule has 2 aromatic heterocycles. The average Bonchev–Trinajstić information content (AvgIpc) is 3.10. The van der Waals surface area contributed by atoms with Gasteiger partial charge in [-0.05, 0) is 32.3 Å². The van der Waals surface area contributed by atoms with E-state index in [0.29, 0.717) is 19.0 Å². The largest absolute Gasteiger partial charge is 0.332 e. The van der Waals surface area contributed by atoms with Crippen LogP contribution in [-0.2, 0) is 20.0 Å². The number of rotatable bonds is 4. The number of amides is 2. The minimum Gasteiger partial charge on any atom is -0.332 e. The summed E-state index contributed by atoms with van der Waals surface area (Å²) in [7, 11) is 3.73. The molecule has 0 spiro atoms. The number of likely N-dealkylation sites (N-methyl/N-ethyl adjacent to an activating group) is 1. The van der Waals surface area contributed by atoms with Crippen molar-refractivity contribution < 1.29 is 4.79 Å². The van der Waals surface area contributed by atoms with Crippen LogP contribution in [0.25, 0.3) is 0 Å². The molecule has 0 bridgehead atoms. The van der Waals surface area contributed by atoms with Crippen molar-refractivity contribution >= 4 is 17.4 Å². The van der Waals surface area contributed by atoms with E-state index < -0.39 is 0 Å². The summed E-state index contributed by atoms with van der Waals surface area (Å²) in [6, 6.07) is 1.86. The molecule has 0 saturated heterocycles. The number of aryl methyl sites for hydroxylation is 3. The first-order valence-electron chi connectivity index (χ1n) is 7.96. The topological polar surface area (TPSA) is 63.1 Å². The fraction of sp³-hybridized carbons (Fsp3) is 0.562. The predicted octanol–water partition coefficient (Wildman–Crippen LogP) is 2.45. The van der Waals surface area contributed by atoms with Gasteiger partial charge in [-0.15, -0.1) is 11.3 Å². The number of hydrogen-bond acceptors (Lipinski definition) is 4. The minimum absolute atomic E-state index is 0.0507. The van der Waals surface area contributed by atoms with E-state index in [-0.39, 0.29) is 6.03 Å². The van der Waals surface area contributed by atoms with Gasteiger partial charge in [0.2, 0.25) is 0 Å². The Labute approximate surface area is 140 Å². The molecule has 3 rings (SSSR count). The summed E-state index contributed by atoms with van der Waals surface area (Å²) in [5.41, 5.74) is 2.20. The second-order valence-electron chi connectivity index (χ2n) is 6.12. The average molecular weight is 333 g/mol. The number of aromatic nitrogens is 3. The molecule has 1 N–H and O–H groups in total. The molecule has 7 heteroatoms. The lowest BCUT2D eigenvalue weighted by Crippen LogP contribution is -2.39. The summed E-state index contributed by atoms with van der Waals surface area (Å²) < 4.78 is 1.77. The molecule has 0 aromatic carbocycles. The monoisotopic (exact) mass is 333 g/mol. The van der Waals surface area contributed by atoms with Gasteiger partial charge in [-0.25, -0.2) is 9.78 Å². The van der Waals surface area contributed by atoms with Crippen LogP contribution in [0, 0.1) is 6.92 Å². The fourth-order valence-corrected chi connectivity index (χ4v) is 4.16. The van der Waals surface area contributed by atoms with Gasteiger partial charge in [-0.3, -0.25) is 4.68 Å². The summed E-state index contributed by atoms with van der Waals surface area (Å²) in [6.07, 6.45) is 5.16. The van der Waals surface area contributed by atoms with E-state index in [1.807, 2.05) is 20.2 Å². The first-order valence-corrected chi connectivity index (χ1v) is 8.78. The number of thiazole rings is 1. The summed E-state index contributed by atoms with van der Waals surface area (Å²) in [6.45, 7) is 3.27. The highest BCUT2D eigenvalue weighted by Crippen LogP contribution is 2.34. The van der Waals surface area contributed by atoms with Crippen molar-refractivity contribution in [3.8, 4) is 0 Å². The molecule has 0 saturated carbocycles. The van der Waals surface area contributed by atoms with E-state index in [9.17, 15) is 4.79 Å². The second-order valence-corrected chi connectivity index (χ2v) is 7.40. The third kappa shape index (κ3) is 3.55. The maximum Gasteiger partial charge on any atom is 0.317 e. The van der Waals surface area contributed by atoms with Gasteiger partial charge in [0, 0.05) is 37.6 Å². The zero-order chi connectivity index (χ0) is 16.4. The van der Waals surface area contributed by atoms with E-state index in [0.717, 1.165) is 23.5 Å². The number of hydrogen-bond donors (Lipinski definition) is 1. The van der Waals surface area contributed by atoms with Gasteiger partial charge in [0.05, 0.1) is 22.9 Å². The molecule has 0 fully saturated rings. The standard InChI is InChI=1S/C16H23N5OS/c1-11-19-15-12(5-4-6-14(15)23-11)10-20(2)16(22)17-9-13-7-8-18-21(13)3/h7-8,12H,4-6,9-10H2,1-3H3,(H,17,22). The molecule has 2 heterocycles. The Bertz CT molecular complexity index is 692. The normalized spacial score (nSPS) is 16.9. The smallest absolute Gasteiger partial charge is 0.317 e. The van der Waals surface area contributed by atoms with Crippen LogP contribution in [0.5, 0.6) is 0 Å². The minimum atomic E-state index is -0.0507. The number of nitrogens with one attached hydrogen (secondary N) is 1. The lowest BCUT2D eigenvalue weighted by Gasteiger charge is -2.26. The number of nitrogens with zero attached hydrogens (tertiary/aromatic N) is 4. The predicted molar refractivity (Wildman–Crippen MR) is 90.6 cm³/mol. The Kier molecular flexibility index (Phi) is 4.66. The van der Waals surface area contributed by atoms with Crippen LogP contribution in [-0.4, -0.2) is 39.3 Å². The quantitative estimate of drug-likeness (QED) is 0.935. The van der Waals surface area contributed by atoms with Crippen molar-refractivity contribution in [3.05, 3.63) is 33.5 Å². The van der Waals surface area contributed by atoms with Gasteiger partial charge in [-0.2, -0.15) is 5.10 Å². The van der Waals surface area contributed by atoms with E-state index in [2.05, 4.69) is 17.3 Å². The maximum absolute atomic E-state index is 12.3. The molecule has 1 aliphatic rings. The van der Waals surface area contributed by atoms with Crippen LogP contribution in [0.2, 0.25) is 0 Å². The zero-order valence-electron chi connectivity index (χ0n) is 13.9. The molecule has 0 aliphatic heterocycles. The summed E-state index contributed by atoms with van der Waals surface area (Å²) in [4.78, 5) is 20.2. The molecule has 6 nitrogen and oxygen atoms in total. The van der Waals surface area contributed by atoms with Gasteiger partial charge < -0.3 is 10.2 Å². The Morgan fingerprint density at radius 3 is 3.13 bits per heavy atom. The highest BCUT2D eigenvalue weighted by atomic mass is 32.1. The van der Waals surface area contributed by atoms with Crippen LogP contribution >= 0.6 is 11.3 Å². The molecule has 23 heavy (non-hydrogen) atoms. The van der Waals surface area contributed by atoms with Crippen LogP contribution in [0.15, 0.2) is 12.3 Å². The van der Waals surface area contributed by atoms with Crippen molar-refractivity contribution in [3.63, 3.8) is 0 Å². The van der Waals surface area contributed by atoms with Crippen molar-refractivity contribution in [2.24, 2.45) is 7.05 Å². The van der Waals surface area contributed by atoms with Gasteiger partial charge in [0.15, 0.2) is 0 Å². The number of carbonyl (C=O) groups is 1. The highest BCUT2D eigenvalue weighted by molar-refractivity contribution is 7.11. The first-order chi connectivity index (χ1) is 11.0. The molecule has 1 atom stereocenters. The Hall–Kier alpha value is -1.89. The third-order valence-corrected chi connectivity index (χ3v) is 5.41. The Balaban J connectivity index is 1.57. The SMILES string of the molecule is Cc1nc2c(s1)CCCC2CN(C)C(=O)NCc1ccnn1C. The molecule has 2 aromatic rings. The molecular formula is C16H23N5OS. The molecule has 1 unspecified atom stereocenters. The van der Waals surface area contributed by atoms with Gasteiger partial charge >= 0.3 is 6.03 Å². The first kappa shape index (κ1) is 16.0. The highest BCUT2D eigenvalue weighted by Gasteiger charge is 2.26. The van der Waals surface area contributed by atoms with Crippen LogP contribution in [0.3, 0.4) is 0 Å². The maximum atomic E-state index is 12.3. The number of fused-ring (bicyclic) bond motifs is 1. The Morgan fingerprint density at radius 1 is 1.57 bits per heavy atom. The molecule has 124 valence electrons. The fourth-order valence-electron chi connectivity index (χ4n) is 3.10. The summed E-state index contributed by atoms with van der Waals surface area (Å²) in [5.74, 6) is 0.358. The van der Waals surface area contributed by atoms with E-state index in [1.54, 1.807) is 27.1 Å². The lowest BCUT2D eigenvalue weighted by atomic mass is 9.91. The van der Waals surface area contributed by atoms with Crippen molar-refractivity contribution in [1.29, 1.82) is 0 Å². The van der Waals surface area contributed by atoms with E-state index in [4.69, 9.17) is 4.98 Å². The van der Waals surface area contributed by atoms with Crippen LogP contribution in [0.4, 0.5) is 4.79 Å². The van der Waals surface area contributed by atoms with Gasteiger partial charge in [-0.1, -0.05) is 0 Å². The van der Waals surface area contributed by atoms with Crippen molar-refractivity contribution in [1.82, 2.24) is 25.0 Å². The van der Waals surface area contributed by atoms with Crippen LogP contribution < -0.4 is 5.32 Å². The van der Waals surface area contributed by atoms with Gasteiger partial charge in [0.1, 0.15) is 0 Å². The molecule has 0 radical (unpaired) electrons. The molecule has 1 aliphatic carbocycles. The van der Waals surface area contributed by atoms with Gasteiger partial charge in [0.25, 0.3) is 0 Å². The zero-order valence-corrected chi connectivity index (χ0v) is 14.7. The van der Waals surface area contributed by atoms with Crippen molar-refractivity contribution in [2.45, 2.75) is 38.6 Å². The number of carbonyl (C=O) groups excluding carboxylic acids is 1. The van der Waals surface area contributed by atoms with Crippen LogP contribution in [0.1, 0.15) is 40.0 Å². The van der Waals surface area contributed by atoms with E-state index in [1.165, 1.54) is 17.0 Å². The lowest BCUT2D eigenvalue weighted by molar-refractivity contribution is 0.203. The molecular weight excluding hydrogens is 310 g/mol. The van der Waals surface area contributed by atoms with Crippen molar-refractivity contribution in [2.75, 3.05) is 13.6 Å². The summed E-state index contributed by atoms with van der Waals surface area (Å²) >= 11 is 1.80. The number of urea groups is 1. The Morgan fingerprint density at radius 2 is 2.39 bits per heavy atom. The molecule has 2 amide bonds. The van der Waals surface area contributed by atoms with E-state index >= 15 is 0 Å². The third-order valence-electron chi connectivity index (χ3n) is 4.36. The second kappa shape index (κ2) is 6.70.